The van der Waals surface area contributed by atoms with Crippen LogP contribution in [-0.4, -0.2) is 11.6 Å². The number of benzene rings is 5. The Morgan fingerprint density at radius 1 is 0.436 bits per heavy atom. The molecule has 0 amide bonds. The Bertz CT molecular complexity index is 2120. The maximum atomic E-state index is 9.44. The summed E-state index contributed by atoms with van der Waals surface area (Å²) >= 11 is 0. The molecular weight excluding hydrogens is 669 g/mol. The molecule has 290 valence electrons. The van der Waals surface area contributed by atoms with E-state index in [1.807, 2.05) is 0 Å². The lowest BCUT2D eigenvalue weighted by Gasteiger charge is -2.42. The number of rotatable bonds is 3. The van der Waals surface area contributed by atoms with E-state index in [4.69, 9.17) is 0 Å². The highest BCUT2D eigenvalue weighted by Crippen LogP contribution is 2.48. The van der Waals surface area contributed by atoms with E-state index in [1.54, 1.807) is 0 Å². The van der Waals surface area contributed by atoms with Gasteiger partial charge in [-0.15, -0.1) is 0 Å². The number of fused-ring (bicyclic) bond motifs is 3. The molecule has 0 N–H and O–H groups in total. The van der Waals surface area contributed by atoms with Crippen molar-refractivity contribution >= 4 is 34.0 Å². The maximum absolute atomic E-state index is 9.44. The first-order valence-electron chi connectivity index (χ1n) is 20.1. The second kappa shape index (κ2) is 17.5. The van der Waals surface area contributed by atoms with Crippen LogP contribution in [-0.2, 0) is 31.2 Å². The van der Waals surface area contributed by atoms with Gasteiger partial charge < -0.3 is 9.59 Å². The molecule has 0 atom stereocenters. The molecule has 0 aliphatic heterocycles. The van der Waals surface area contributed by atoms with Gasteiger partial charge in [0.15, 0.2) is 0 Å². The molecule has 0 saturated carbocycles. The van der Waals surface area contributed by atoms with Crippen LogP contribution in [0.2, 0.25) is 0 Å². The minimum atomic E-state index is 0.167. The van der Waals surface area contributed by atoms with Crippen LogP contribution < -0.4 is 0 Å². The Labute approximate surface area is 333 Å². The quantitative estimate of drug-likeness (QED) is 0.173. The van der Waals surface area contributed by atoms with Crippen molar-refractivity contribution in [3.63, 3.8) is 0 Å². The molecule has 0 unspecified atom stereocenters. The third kappa shape index (κ3) is 11.3. The van der Waals surface area contributed by atoms with Gasteiger partial charge in [-0.05, 0) is 149 Å². The van der Waals surface area contributed by atoms with Gasteiger partial charge in [0.1, 0.15) is 11.6 Å². The van der Waals surface area contributed by atoms with Crippen molar-refractivity contribution in [3.8, 4) is 11.1 Å². The molecule has 2 heteroatoms. The second-order valence-electron chi connectivity index (χ2n) is 18.7. The van der Waals surface area contributed by atoms with Gasteiger partial charge in [-0.2, -0.15) is 0 Å². The summed E-state index contributed by atoms with van der Waals surface area (Å²) in [6.07, 6.45) is 7.34. The molecular formula is C53H66O2. The van der Waals surface area contributed by atoms with Crippen molar-refractivity contribution in [3.05, 3.63) is 143 Å². The van der Waals surface area contributed by atoms with E-state index in [9.17, 15) is 9.59 Å². The summed E-state index contributed by atoms with van der Waals surface area (Å²) in [5.41, 5.74) is 13.8. The lowest BCUT2D eigenvalue weighted by molar-refractivity contribution is -0.115. The Morgan fingerprint density at radius 3 is 1.36 bits per heavy atom. The molecule has 5 aromatic carbocycles. The molecule has 0 radical (unpaired) electrons. The topological polar surface area (TPSA) is 34.1 Å². The Kier molecular flexibility index (Phi) is 13.7. The maximum Gasteiger partial charge on any atom is 0.126 e. The van der Waals surface area contributed by atoms with E-state index in [1.165, 1.54) is 114 Å². The van der Waals surface area contributed by atoms with Crippen LogP contribution in [0, 0.1) is 0 Å². The van der Waals surface area contributed by atoms with Gasteiger partial charge in [-0.25, -0.2) is 0 Å². The Morgan fingerprint density at radius 2 is 0.836 bits per heavy atom. The fourth-order valence-electron chi connectivity index (χ4n) is 7.85. The molecule has 0 aromatic heterocycles. The normalized spacial score (nSPS) is 17.0. The summed E-state index contributed by atoms with van der Waals surface area (Å²) in [6.45, 7) is 27.4. The fourth-order valence-corrected chi connectivity index (χ4v) is 7.85. The smallest absolute Gasteiger partial charge is 0.126 e. The molecule has 0 saturated heterocycles. The first kappa shape index (κ1) is 43.2. The number of carbonyl (C=O) groups is 2. The fraction of sp³-hybridized carbons (Fsp3) is 0.396. The average Bonchev–Trinajstić information content (AvgIpc) is 3.12. The van der Waals surface area contributed by atoms with Gasteiger partial charge >= 0.3 is 0 Å². The summed E-state index contributed by atoms with van der Waals surface area (Å²) in [5, 5.41) is 2.62. The third-order valence-electron chi connectivity index (χ3n) is 11.4. The summed E-state index contributed by atoms with van der Waals surface area (Å²) < 4.78 is 0. The van der Waals surface area contributed by atoms with Crippen LogP contribution in [0.15, 0.2) is 109 Å². The van der Waals surface area contributed by atoms with Gasteiger partial charge in [0.05, 0.1) is 0 Å². The SMILES string of the molecule is C/C(=C\c1ccccc1)c1ccc2c(c1)C(C)(C)CCC2(C)C.CC(C)=O.CC(C)=O.CC1(C)CCC(C)(C)c2cc(-c3ccc4ccccc4c3)ccc21. The number of allylic oxidation sites excluding steroid dienone is 1. The van der Waals surface area contributed by atoms with Gasteiger partial charge in [0.2, 0.25) is 0 Å². The molecule has 0 heterocycles. The molecule has 2 aliphatic rings. The van der Waals surface area contributed by atoms with Crippen LogP contribution in [0.25, 0.3) is 33.5 Å². The van der Waals surface area contributed by atoms with E-state index in [0.29, 0.717) is 5.41 Å². The van der Waals surface area contributed by atoms with Crippen molar-refractivity contribution in [1.82, 2.24) is 0 Å². The van der Waals surface area contributed by atoms with E-state index < -0.39 is 0 Å². The van der Waals surface area contributed by atoms with Crippen LogP contribution >= 0.6 is 0 Å². The minimum absolute atomic E-state index is 0.167. The van der Waals surface area contributed by atoms with Gasteiger partial charge in [-0.1, -0.05) is 165 Å². The van der Waals surface area contributed by atoms with Crippen molar-refractivity contribution < 1.29 is 9.59 Å². The van der Waals surface area contributed by atoms with Crippen molar-refractivity contribution in [2.24, 2.45) is 0 Å². The molecule has 2 nitrogen and oxygen atoms in total. The lowest BCUT2D eigenvalue weighted by Crippen LogP contribution is -2.33. The van der Waals surface area contributed by atoms with Crippen LogP contribution in [0.4, 0.5) is 0 Å². The number of carbonyl (C=O) groups excluding carboxylic acids is 2. The van der Waals surface area contributed by atoms with Crippen molar-refractivity contribution in [2.45, 2.75) is 137 Å². The lowest BCUT2D eigenvalue weighted by atomic mass is 9.63. The average molecular weight is 735 g/mol. The number of Topliss-reactive ketones (excluding diaryl/α,β-unsaturated/α-hetero) is 2. The summed E-state index contributed by atoms with van der Waals surface area (Å²) in [4.78, 5) is 18.9. The third-order valence-corrected chi connectivity index (χ3v) is 11.4. The largest absolute Gasteiger partial charge is 0.300 e. The summed E-state index contributed by atoms with van der Waals surface area (Å²) in [5.74, 6) is 0.333. The van der Waals surface area contributed by atoms with E-state index in [0.717, 1.165) is 0 Å². The van der Waals surface area contributed by atoms with Gasteiger partial charge in [0, 0.05) is 0 Å². The zero-order valence-electron chi connectivity index (χ0n) is 36.1. The van der Waals surface area contributed by atoms with Gasteiger partial charge in [0.25, 0.3) is 0 Å². The van der Waals surface area contributed by atoms with Crippen molar-refractivity contribution in [1.29, 1.82) is 0 Å². The molecule has 0 fully saturated rings. The molecule has 7 rings (SSSR count). The monoisotopic (exact) mass is 735 g/mol. The first-order chi connectivity index (χ1) is 25.6. The van der Waals surface area contributed by atoms with E-state index in [-0.39, 0.29) is 27.8 Å². The number of hydrogen-bond donors (Lipinski definition) is 0. The summed E-state index contributed by atoms with van der Waals surface area (Å²) in [6, 6.07) is 40.2. The van der Waals surface area contributed by atoms with E-state index in [2.05, 4.69) is 178 Å². The molecule has 55 heavy (non-hydrogen) atoms. The zero-order valence-corrected chi connectivity index (χ0v) is 36.1. The van der Waals surface area contributed by atoms with Crippen LogP contribution in [0.3, 0.4) is 0 Å². The minimum Gasteiger partial charge on any atom is -0.300 e. The predicted molar refractivity (Wildman–Crippen MR) is 239 cm³/mol. The standard InChI is InChI=1S/C24H26.C23H28.2C3H6O/c1-23(2)13-14-24(3,4)22-16-20(11-12-21(22)23)19-10-9-17-7-5-6-8-18(17)15-19;1-17(15-18-9-7-6-8-10-18)19-11-12-20-21(16-19)23(4,5)14-13-22(20,2)3;2*1-3(2)4/h5-12,15-16H,13-14H2,1-4H3;6-12,15-16H,13-14H2,1-5H3;2*1-2H3/b;17-15+;;. The molecule has 0 bridgehead atoms. The molecule has 0 spiro atoms. The second-order valence-corrected chi connectivity index (χ2v) is 18.7. The Hall–Kier alpha value is -4.56. The zero-order chi connectivity index (χ0) is 40.8. The van der Waals surface area contributed by atoms with E-state index >= 15 is 0 Å². The van der Waals surface area contributed by atoms with Crippen LogP contribution in [0.1, 0.15) is 149 Å². The summed E-state index contributed by atoms with van der Waals surface area (Å²) in [7, 11) is 0. The predicted octanol–water partition coefficient (Wildman–Crippen LogP) is 14.6. The highest BCUT2D eigenvalue weighted by molar-refractivity contribution is 5.87. The van der Waals surface area contributed by atoms with Crippen molar-refractivity contribution in [2.75, 3.05) is 0 Å². The molecule has 2 aliphatic carbocycles. The number of hydrogen-bond acceptors (Lipinski definition) is 2. The first-order valence-corrected chi connectivity index (χ1v) is 20.1. The number of ketones is 2. The van der Waals surface area contributed by atoms with Gasteiger partial charge in [-0.3, -0.25) is 0 Å². The Balaban J connectivity index is 0.000000205. The molecule has 5 aromatic rings. The highest BCUT2D eigenvalue weighted by atomic mass is 16.1. The van der Waals surface area contributed by atoms with Crippen LogP contribution in [0.5, 0.6) is 0 Å². The highest BCUT2D eigenvalue weighted by Gasteiger charge is 2.38.